The Balaban J connectivity index is 2.13. The SMILES string of the molecule is CN=C(c1cn(C)nc1N)C1C(=O)Nc2ccc(Br)cc21. The molecule has 0 spiro atoms. The first-order valence-corrected chi connectivity index (χ1v) is 7.17. The van der Waals surface area contributed by atoms with Gasteiger partial charge >= 0.3 is 0 Å². The maximum Gasteiger partial charge on any atom is 0.238 e. The summed E-state index contributed by atoms with van der Waals surface area (Å²) in [5.41, 5.74) is 8.93. The number of benzene rings is 1. The summed E-state index contributed by atoms with van der Waals surface area (Å²) in [6.07, 6.45) is 1.78. The molecule has 3 N–H and O–H groups in total. The Bertz CT molecular complexity index is 765. The topological polar surface area (TPSA) is 85.3 Å². The van der Waals surface area contributed by atoms with Gasteiger partial charge in [-0.2, -0.15) is 5.10 Å². The van der Waals surface area contributed by atoms with E-state index in [4.69, 9.17) is 5.73 Å². The Morgan fingerprint density at radius 2 is 2.29 bits per heavy atom. The lowest BCUT2D eigenvalue weighted by Gasteiger charge is -2.11. The van der Waals surface area contributed by atoms with Gasteiger partial charge in [-0.25, -0.2) is 0 Å². The zero-order chi connectivity index (χ0) is 15.1. The van der Waals surface area contributed by atoms with Gasteiger partial charge in [-0.1, -0.05) is 15.9 Å². The highest BCUT2D eigenvalue weighted by molar-refractivity contribution is 9.10. The van der Waals surface area contributed by atoms with Crippen molar-refractivity contribution in [3.63, 3.8) is 0 Å². The van der Waals surface area contributed by atoms with E-state index in [1.54, 1.807) is 25.0 Å². The van der Waals surface area contributed by atoms with Gasteiger partial charge in [0.25, 0.3) is 0 Å². The van der Waals surface area contributed by atoms with Gasteiger partial charge in [-0.05, 0) is 23.8 Å². The standard InChI is InChI=1S/C14H14BrN5O/c1-17-12(9-6-20(2)19-13(9)16)11-8-5-7(15)3-4-10(8)18-14(11)21/h3-6,11H,1-2H3,(H2,16,19)(H,18,21). The molecular formula is C14H14BrN5O. The molecule has 3 rings (SSSR count). The number of aryl methyl sites for hydroxylation is 1. The average Bonchev–Trinajstić information content (AvgIpc) is 2.92. The molecule has 0 fully saturated rings. The lowest BCUT2D eigenvalue weighted by atomic mass is 9.92. The summed E-state index contributed by atoms with van der Waals surface area (Å²) < 4.78 is 2.53. The summed E-state index contributed by atoms with van der Waals surface area (Å²) >= 11 is 3.44. The van der Waals surface area contributed by atoms with Crippen LogP contribution in [0.2, 0.25) is 0 Å². The van der Waals surface area contributed by atoms with Gasteiger partial charge in [-0.15, -0.1) is 0 Å². The van der Waals surface area contributed by atoms with Crippen molar-refractivity contribution >= 4 is 39.1 Å². The Morgan fingerprint density at radius 3 is 2.90 bits per heavy atom. The van der Waals surface area contributed by atoms with Gasteiger partial charge in [0.15, 0.2) is 5.82 Å². The second kappa shape index (κ2) is 5.00. The van der Waals surface area contributed by atoms with Crippen LogP contribution in [0.1, 0.15) is 17.0 Å². The van der Waals surface area contributed by atoms with E-state index in [0.717, 1.165) is 15.7 Å². The number of hydrogen-bond donors (Lipinski definition) is 2. The van der Waals surface area contributed by atoms with Gasteiger partial charge in [0.1, 0.15) is 5.92 Å². The first-order chi connectivity index (χ1) is 10.0. The number of aromatic nitrogens is 2. The van der Waals surface area contributed by atoms with Crippen molar-refractivity contribution in [2.75, 3.05) is 18.1 Å². The third-order valence-corrected chi connectivity index (χ3v) is 3.99. The number of fused-ring (bicyclic) bond motifs is 1. The molecule has 0 radical (unpaired) electrons. The number of rotatable bonds is 2. The predicted molar refractivity (Wildman–Crippen MR) is 85.6 cm³/mol. The van der Waals surface area contributed by atoms with E-state index in [-0.39, 0.29) is 5.91 Å². The van der Waals surface area contributed by atoms with Crippen molar-refractivity contribution in [2.24, 2.45) is 12.0 Å². The summed E-state index contributed by atoms with van der Waals surface area (Å²) in [7, 11) is 3.44. The summed E-state index contributed by atoms with van der Waals surface area (Å²) in [5, 5.41) is 7.00. The van der Waals surface area contributed by atoms with Gasteiger partial charge in [0, 0.05) is 30.5 Å². The molecule has 2 heterocycles. The minimum atomic E-state index is -0.478. The summed E-state index contributed by atoms with van der Waals surface area (Å²) in [5.74, 6) is -0.213. The Kier molecular flexibility index (Phi) is 3.29. The summed E-state index contributed by atoms with van der Waals surface area (Å²) in [6, 6.07) is 5.69. The average molecular weight is 348 g/mol. The fourth-order valence-electron chi connectivity index (χ4n) is 2.61. The molecular weight excluding hydrogens is 334 g/mol. The van der Waals surface area contributed by atoms with Crippen molar-refractivity contribution in [1.29, 1.82) is 0 Å². The van der Waals surface area contributed by atoms with Crippen LogP contribution in [0.3, 0.4) is 0 Å². The first kappa shape index (κ1) is 13.8. The quantitative estimate of drug-likeness (QED) is 0.813. The summed E-state index contributed by atoms with van der Waals surface area (Å²) in [6.45, 7) is 0. The maximum atomic E-state index is 12.4. The zero-order valence-corrected chi connectivity index (χ0v) is 13.2. The fourth-order valence-corrected chi connectivity index (χ4v) is 2.99. The molecule has 1 amide bonds. The molecule has 1 aromatic heterocycles. The number of carbonyl (C=O) groups excluding carboxylic acids is 1. The van der Waals surface area contributed by atoms with E-state index in [0.29, 0.717) is 17.1 Å². The molecule has 1 aliphatic heterocycles. The highest BCUT2D eigenvalue weighted by Gasteiger charge is 2.36. The largest absolute Gasteiger partial charge is 0.382 e. The van der Waals surface area contributed by atoms with Crippen molar-refractivity contribution < 1.29 is 4.79 Å². The van der Waals surface area contributed by atoms with E-state index in [1.807, 2.05) is 18.2 Å². The van der Waals surface area contributed by atoms with Crippen molar-refractivity contribution in [1.82, 2.24) is 9.78 Å². The molecule has 1 aliphatic rings. The van der Waals surface area contributed by atoms with Crippen LogP contribution >= 0.6 is 15.9 Å². The molecule has 1 aromatic carbocycles. The Morgan fingerprint density at radius 1 is 1.52 bits per heavy atom. The zero-order valence-electron chi connectivity index (χ0n) is 11.6. The van der Waals surface area contributed by atoms with Gasteiger partial charge in [0.05, 0.1) is 11.3 Å². The van der Waals surface area contributed by atoms with Crippen LogP contribution < -0.4 is 11.1 Å². The number of hydrogen-bond acceptors (Lipinski definition) is 4. The molecule has 0 saturated carbocycles. The van der Waals surface area contributed by atoms with Crippen LogP contribution in [0.4, 0.5) is 11.5 Å². The van der Waals surface area contributed by atoms with E-state index in [9.17, 15) is 4.79 Å². The van der Waals surface area contributed by atoms with Gasteiger partial charge < -0.3 is 11.1 Å². The molecule has 0 aliphatic carbocycles. The van der Waals surface area contributed by atoms with E-state index < -0.39 is 5.92 Å². The fraction of sp³-hybridized carbons (Fsp3) is 0.214. The molecule has 1 atom stereocenters. The number of carbonyl (C=O) groups is 1. The van der Waals surface area contributed by atoms with Crippen molar-refractivity contribution in [2.45, 2.75) is 5.92 Å². The minimum Gasteiger partial charge on any atom is -0.382 e. The molecule has 21 heavy (non-hydrogen) atoms. The normalized spacial score (nSPS) is 17.8. The first-order valence-electron chi connectivity index (χ1n) is 6.37. The summed E-state index contributed by atoms with van der Waals surface area (Å²) in [4.78, 5) is 16.7. The van der Waals surface area contributed by atoms with E-state index in [2.05, 4.69) is 31.3 Å². The lowest BCUT2D eigenvalue weighted by molar-refractivity contribution is -0.115. The number of halogens is 1. The predicted octanol–water partition coefficient (Wildman–Crippen LogP) is 1.92. The third-order valence-electron chi connectivity index (χ3n) is 3.49. The van der Waals surface area contributed by atoms with E-state index in [1.165, 1.54) is 0 Å². The molecule has 0 bridgehead atoms. The lowest BCUT2D eigenvalue weighted by Crippen LogP contribution is -2.22. The van der Waals surface area contributed by atoms with Crippen LogP contribution in [0.15, 0.2) is 33.9 Å². The van der Waals surface area contributed by atoms with Crippen LogP contribution in [0.25, 0.3) is 0 Å². The second-order valence-electron chi connectivity index (χ2n) is 4.86. The van der Waals surface area contributed by atoms with Crippen molar-refractivity contribution in [3.8, 4) is 0 Å². The number of nitrogens with one attached hydrogen (secondary N) is 1. The minimum absolute atomic E-state index is 0.105. The molecule has 2 aromatic rings. The van der Waals surface area contributed by atoms with Crippen LogP contribution in [0.5, 0.6) is 0 Å². The molecule has 1 unspecified atom stereocenters. The molecule has 108 valence electrons. The van der Waals surface area contributed by atoms with Gasteiger partial charge in [-0.3, -0.25) is 14.5 Å². The van der Waals surface area contributed by atoms with Crippen LogP contribution in [-0.4, -0.2) is 28.4 Å². The number of nitrogens with zero attached hydrogens (tertiary/aromatic N) is 3. The smallest absolute Gasteiger partial charge is 0.238 e. The monoisotopic (exact) mass is 347 g/mol. The number of aliphatic imine (C=N–C) groups is 1. The number of anilines is 2. The third kappa shape index (κ3) is 2.23. The second-order valence-corrected chi connectivity index (χ2v) is 5.78. The van der Waals surface area contributed by atoms with E-state index >= 15 is 0 Å². The van der Waals surface area contributed by atoms with Crippen LogP contribution in [0, 0.1) is 0 Å². The van der Waals surface area contributed by atoms with Crippen molar-refractivity contribution in [3.05, 3.63) is 40.0 Å². The molecule has 7 heteroatoms. The molecule has 0 saturated heterocycles. The number of nitrogens with two attached hydrogens (primary N) is 1. The highest BCUT2D eigenvalue weighted by atomic mass is 79.9. The Labute approximate surface area is 130 Å². The Hall–Kier alpha value is -2.15. The number of nitrogen functional groups attached to an aromatic ring is 1. The highest BCUT2D eigenvalue weighted by Crippen LogP contribution is 2.37. The maximum absolute atomic E-state index is 12.4. The van der Waals surface area contributed by atoms with Gasteiger partial charge in [0.2, 0.25) is 5.91 Å². The van der Waals surface area contributed by atoms with Crippen LogP contribution in [-0.2, 0) is 11.8 Å². The number of amides is 1. The molecule has 6 nitrogen and oxygen atoms in total.